The number of unbranched alkanes of at least 4 members (excludes halogenated alkanes) is 1. The molecule has 0 atom stereocenters. The Kier molecular flexibility index (Phi) is 7.03. The third kappa shape index (κ3) is 6.13. The van der Waals surface area contributed by atoms with Crippen molar-refractivity contribution < 1.29 is 14.5 Å². The molecule has 0 saturated carbocycles. The Morgan fingerprint density at radius 2 is 2.05 bits per heavy atom. The average Bonchev–Trinajstić information content (AvgIpc) is 2.44. The molecular weight excluding hydrogens is 258 g/mol. The standard InChI is InChI=1S/C15H19NO4/c1-2-3-12-20-15(17)14-9-7-13(8-10-14)6-4-5-11-16(18)19/h5,7-11H,2-4,6,12H2,1H3/b11-5+. The number of nitrogens with zero attached hydrogens (tertiary/aromatic N) is 1. The molecule has 0 fully saturated rings. The molecule has 0 radical (unpaired) electrons. The second-order valence-electron chi connectivity index (χ2n) is 4.40. The molecule has 1 aromatic carbocycles. The van der Waals surface area contributed by atoms with Gasteiger partial charge < -0.3 is 4.74 Å². The number of hydrogen-bond donors (Lipinski definition) is 0. The van der Waals surface area contributed by atoms with Gasteiger partial charge in [0.1, 0.15) is 0 Å². The number of ether oxygens (including phenoxy) is 1. The van der Waals surface area contributed by atoms with E-state index >= 15 is 0 Å². The van der Waals surface area contributed by atoms with Gasteiger partial charge in [0.25, 0.3) is 0 Å². The van der Waals surface area contributed by atoms with E-state index in [0.29, 0.717) is 25.0 Å². The fraction of sp³-hybridized carbons (Fsp3) is 0.400. The van der Waals surface area contributed by atoms with Crippen LogP contribution in [0.25, 0.3) is 0 Å². The largest absolute Gasteiger partial charge is 0.462 e. The quantitative estimate of drug-likeness (QED) is 0.316. The Morgan fingerprint density at radius 1 is 1.35 bits per heavy atom. The lowest BCUT2D eigenvalue weighted by Gasteiger charge is -2.04. The number of rotatable bonds is 8. The Bertz CT molecular complexity index is 465. The highest BCUT2D eigenvalue weighted by atomic mass is 16.6. The third-order valence-electron chi connectivity index (χ3n) is 2.75. The Hall–Kier alpha value is -2.17. The van der Waals surface area contributed by atoms with E-state index in [2.05, 4.69) is 0 Å². The normalized spacial score (nSPS) is 10.7. The van der Waals surface area contributed by atoms with Crippen molar-refractivity contribution >= 4 is 5.97 Å². The van der Waals surface area contributed by atoms with Crippen LogP contribution in [0.15, 0.2) is 36.5 Å². The number of aryl methyl sites for hydroxylation is 1. The molecule has 108 valence electrons. The number of nitro groups is 1. The first kappa shape index (κ1) is 15.9. The van der Waals surface area contributed by atoms with Gasteiger partial charge >= 0.3 is 5.97 Å². The number of carbonyl (C=O) groups is 1. The maximum atomic E-state index is 11.7. The highest BCUT2D eigenvalue weighted by molar-refractivity contribution is 5.89. The Balaban J connectivity index is 2.43. The van der Waals surface area contributed by atoms with Crippen LogP contribution >= 0.6 is 0 Å². The van der Waals surface area contributed by atoms with Gasteiger partial charge in [-0.1, -0.05) is 25.5 Å². The molecule has 20 heavy (non-hydrogen) atoms. The number of esters is 1. The Labute approximate surface area is 118 Å². The Morgan fingerprint density at radius 3 is 2.65 bits per heavy atom. The second-order valence-corrected chi connectivity index (χ2v) is 4.40. The first-order valence-corrected chi connectivity index (χ1v) is 6.69. The highest BCUT2D eigenvalue weighted by Crippen LogP contribution is 2.09. The summed E-state index contributed by atoms with van der Waals surface area (Å²) in [6.07, 6.45) is 5.62. The van der Waals surface area contributed by atoms with Gasteiger partial charge in [0.05, 0.1) is 17.1 Å². The third-order valence-corrected chi connectivity index (χ3v) is 2.75. The van der Waals surface area contributed by atoms with Crippen LogP contribution in [-0.4, -0.2) is 17.5 Å². The van der Waals surface area contributed by atoms with E-state index in [1.807, 2.05) is 19.1 Å². The predicted molar refractivity (Wildman–Crippen MR) is 76.1 cm³/mol. The van der Waals surface area contributed by atoms with Crippen molar-refractivity contribution in [2.24, 2.45) is 0 Å². The molecular formula is C15H19NO4. The van der Waals surface area contributed by atoms with Gasteiger partial charge in [-0.05, 0) is 43.0 Å². The molecule has 0 spiro atoms. The summed E-state index contributed by atoms with van der Waals surface area (Å²) < 4.78 is 5.11. The monoisotopic (exact) mass is 277 g/mol. The molecule has 1 rings (SSSR count). The van der Waals surface area contributed by atoms with Gasteiger partial charge in [-0.2, -0.15) is 0 Å². The minimum Gasteiger partial charge on any atom is -0.462 e. The van der Waals surface area contributed by atoms with Crippen molar-refractivity contribution in [1.29, 1.82) is 0 Å². The van der Waals surface area contributed by atoms with Crippen molar-refractivity contribution in [2.75, 3.05) is 6.61 Å². The fourth-order valence-corrected chi connectivity index (χ4v) is 1.61. The van der Waals surface area contributed by atoms with E-state index in [1.54, 1.807) is 12.1 Å². The number of carbonyl (C=O) groups excluding carboxylic acids is 1. The molecule has 0 saturated heterocycles. The maximum Gasteiger partial charge on any atom is 0.338 e. The molecule has 0 amide bonds. The minimum absolute atomic E-state index is 0.307. The van der Waals surface area contributed by atoms with Gasteiger partial charge in [0.2, 0.25) is 6.20 Å². The lowest BCUT2D eigenvalue weighted by atomic mass is 10.1. The molecule has 5 nitrogen and oxygen atoms in total. The van der Waals surface area contributed by atoms with E-state index in [1.165, 1.54) is 6.08 Å². The molecule has 0 bridgehead atoms. The van der Waals surface area contributed by atoms with Crippen molar-refractivity contribution in [3.05, 3.63) is 57.8 Å². The van der Waals surface area contributed by atoms with Gasteiger partial charge in [0, 0.05) is 0 Å². The summed E-state index contributed by atoms with van der Waals surface area (Å²) in [6, 6.07) is 7.13. The first-order valence-electron chi connectivity index (χ1n) is 6.69. The van der Waals surface area contributed by atoms with Crippen LogP contribution in [-0.2, 0) is 11.2 Å². The highest BCUT2D eigenvalue weighted by Gasteiger charge is 2.06. The first-order chi connectivity index (χ1) is 9.63. The van der Waals surface area contributed by atoms with Crippen LogP contribution in [0.5, 0.6) is 0 Å². The van der Waals surface area contributed by atoms with Gasteiger partial charge in [-0.3, -0.25) is 10.1 Å². The second kappa shape index (κ2) is 8.85. The van der Waals surface area contributed by atoms with E-state index < -0.39 is 4.92 Å². The molecule has 0 unspecified atom stereocenters. The fourth-order valence-electron chi connectivity index (χ4n) is 1.61. The zero-order chi connectivity index (χ0) is 14.8. The summed E-state index contributed by atoms with van der Waals surface area (Å²) in [7, 11) is 0. The van der Waals surface area contributed by atoms with Gasteiger partial charge in [-0.15, -0.1) is 0 Å². The van der Waals surface area contributed by atoms with Crippen LogP contribution in [0.3, 0.4) is 0 Å². The number of hydrogen-bond acceptors (Lipinski definition) is 4. The smallest absolute Gasteiger partial charge is 0.338 e. The molecule has 0 heterocycles. The molecule has 0 aromatic heterocycles. The predicted octanol–water partition coefficient (Wildman–Crippen LogP) is 3.37. The van der Waals surface area contributed by atoms with E-state index in [4.69, 9.17) is 4.74 Å². The SMILES string of the molecule is CCCCOC(=O)c1ccc(CC/C=C/[N+](=O)[O-])cc1. The molecule has 0 aliphatic carbocycles. The molecule has 5 heteroatoms. The average molecular weight is 277 g/mol. The zero-order valence-corrected chi connectivity index (χ0v) is 11.6. The lowest BCUT2D eigenvalue weighted by molar-refractivity contribution is -0.402. The topological polar surface area (TPSA) is 69.4 Å². The molecule has 1 aromatic rings. The summed E-state index contributed by atoms with van der Waals surface area (Å²) in [5, 5.41) is 10.1. The molecule has 0 aliphatic heterocycles. The van der Waals surface area contributed by atoms with Crippen LogP contribution in [0, 0.1) is 10.1 Å². The van der Waals surface area contributed by atoms with Gasteiger partial charge in [-0.25, -0.2) is 4.79 Å². The van der Waals surface area contributed by atoms with Crippen molar-refractivity contribution in [1.82, 2.24) is 0 Å². The number of allylic oxidation sites excluding steroid dienone is 1. The van der Waals surface area contributed by atoms with E-state index in [9.17, 15) is 14.9 Å². The van der Waals surface area contributed by atoms with Gasteiger partial charge in [0.15, 0.2) is 0 Å². The minimum atomic E-state index is -0.477. The van der Waals surface area contributed by atoms with Crippen LogP contribution in [0.1, 0.15) is 42.1 Å². The maximum absolute atomic E-state index is 11.7. The molecule has 0 aliphatic rings. The number of benzene rings is 1. The molecule has 0 N–H and O–H groups in total. The zero-order valence-electron chi connectivity index (χ0n) is 11.6. The van der Waals surface area contributed by atoms with Crippen molar-refractivity contribution in [3.63, 3.8) is 0 Å². The summed E-state index contributed by atoms with van der Waals surface area (Å²) in [6.45, 7) is 2.48. The van der Waals surface area contributed by atoms with Crippen LogP contribution in [0.4, 0.5) is 0 Å². The van der Waals surface area contributed by atoms with Crippen molar-refractivity contribution in [3.8, 4) is 0 Å². The van der Waals surface area contributed by atoms with E-state index in [0.717, 1.165) is 24.6 Å². The summed E-state index contributed by atoms with van der Waals surface area (Å²) in [5.41, 5.74) is 1.56. The van der Waals surface area contributed by atoms with Crippen LogP contribution < -0.4 is 0 Å². The summed E-state index contributed by atoms with van der Waals surface area (Å²) >= 11 is 0. The summed E-state index contributed by atoms with van der Waals surface area (Å²) in [5.74, 6) is -0.307. The van der Waals surface area contributed by atoms with Crippen molar-refractivity contribution in [2.45, 2.75) is 32.6 Å². The lowest BCUT2D eigenvalue weighted by Crippen LogP contribution is -2.06. The summed E-state index contributed by atoms with van der Waals surface area (Å²) in [4.78, 5) is 21.3. The van der Waals surface area contributed by atoms with Crippen LogP contribution in [0.2, 0.25) is 0 Å². The van der Waals surface area contributed by atoms with E-state index in [-0.39, 0.29) is 5.97 Å².